The summed E-state index contributed by atoms with van der Waals surface area (Å²) in [5.41, 5.74) is 2.20. The molecular weight excluding hydrogens is 370 g/mol. The van der Waals surface area contributed by atoms with Gasteiger partial charge in [0, 0.05) is 13.6 Å². The van der Waals surface area contributed by atoms with Gasteiger partial charge in [-0.25, -0.2) is 4.39 Å². The summed E-state index contributed by atoms with van der Waals surface area (Å²) < 4.78 is 52.6. The average Bonchev–Trinajstić information content (AvgIpc) is 2.57. The molecule has 2 N–H and O–H groups in total. The Balaban J connectivity index is 2.32. The Hall–Kier alpha value is -3.17. The third-order valence-corrected chi connectivity index (χ3v) is 3.78. The highest BCUT2D eigenvalue weighted by atomic mass is 19.4. The highest BCUT2D eigenvalue weighted by Gasteiger charge is 2.35. The number of nitrogens with two attached hydrogens (primary N) is 1. The van der Waals surface area contributed by atoms with Crippen molar-refractivity contribution in [3.63, 3.8) is 0 Å². The van der Waals surface area contributed by atoms with E-state index in [4.69, 9.17) is 5.73 Å². The second kappa shape index (κ2) is 7.60. The summed E-state index contributed by atoms with van der Waals surface area (Å²) in [4.78, 5) is 36.8. The Morgan fingerprint density at radius 1 is 1.11 bits per heavy atom. The SMILES string of the molecule is CN(Cc1ccc(F)cc1)C(=O)Cn1c(C(F)(F)F)ccc(C(N)=O)c1=O. The third kappa shape index (κ3) is 4.72. The topological polar surface area (TPSA) is 85.4 Å². The summed E-state index contributed by atoms with van der Waals surface area (Å²) in [6.07, 6.45) is -4.91. The summed E-state index contributed by atoms with van der Waals surface area (Å²) in [6, 6.07) is 6.39. The molecule has 0 saturated heterocycles. The number of benzene rings is 1. The lowest BCUT2D eigenvalue weighted by molar-refractivity contribution is -0.145. The third-order valence-electron chi connectivity index (χ3n) is 3.78. The van der Waals surface area contributed by atoms with E-state index in [-0.39, 0.29) is 11.1 Å². The summed E-state index contributed by atoms with van der Waals surface area (Å²) in [6.45, 7) is -0.947. The monoisotopic (exact) mass is 385 g/mol. The number of alkyl halides is 3. The first-order valence-electron chi connectivity index (χ1n) is 7.60. The van der Waals surface area contributed by atoms with E-state index in [1.807, 2.05) is 0 Å². The number of hydrogen-bond donors (Lipinski definition) is 1. The summed E-state index contributed by atoms with van der Waals surface area (Å²) in [5, 5.41) is 0. The van der Waals surface area contributed by atoms with Crippen LogP contribution in [0.2, 0.25) is 0 Å². The lowest BCUT2D eigenvalue weighted by Gasteiger charge is -2.20. The fraction of sp³-hybridized carbons (Fsp3) is 0.235. The van der Waals surface area contributed by atoms with Crippen LogP contribution in [0.4, 0.5) is 17.6 Å². The van der Waals surface area contributed by atoms with Gasteiger partial charge in [0.2, 0.25) is 5.91 Å². The minimum absolute atomic E-state index is 0.00920. The zero-order chi connectivity index (χ0) is 20.4. The number of amides is 2. The molecule has 1 aromatic heterocycles. The maximum Gasteiger partial charge on any atom is 0.431 e. The predicted octanol–water partition coefficient (Wildman–Crippen LogP) is 1.76. The van der Waals surface area contributed by atoms with E-state index in [2.05, 4.69) is 0 Å². The quantitative estimate of drug-likeness (QED) is 0.796. The molecule has 0 radical (unpaired) electrons. The lowest BCUT2D eigenvalue weighted by Crippen LogP contribution is -2.39. The maximum absolute atomic E-state index is 13.2. The van der Waals surface area contributed by atoms with Crippen molar-refractivity contribution in [1.82, 2.24) is 9.47 Å². The van der Waals surface area contributed by atoms with Crippen LogP contribution in [0.1, 0.15) is 21.6 Å². The molecule has 1 aromatic carbocycles. The molecule has 0 aliphatic carbocycles. The van der Waals surface area contributed by atoms with Gasteiger partial charge in [0.25, 0.3) is 11.5 Å². The number of carbonyl (C=O) groups excluding carboxylic acids is 2. The van der Waals surface area contributed by atoms with Crippen molar-refractivity contribution in [3.8, 4) is 0 Å². The fourth-order valence-corrected chi connectivity index (χ4v) is 2.38. The molecule has 0 bridgehead atoms. The van der Waals surface area contributed by atoms with E-state index in [1.54, 1.807) is 0 Å². The second-order valence-corrected chi connectivity index (χ2v) is 5.76. The van der Waals surface area contributed by atoms with Crippen molar-refractivity contribution in [2.75, 3.05) is 7.05 Å². The van der Waals surface area contributed by atoms with Gasteiger partial charge in [-0.2, -0.15) is 13.2 Å². The van der Waals surface area contributed by atoms with Gasteiger partial charge in [0.05, 0.1) is 0 Å². The van der Waals surface area contributed by atoms with Gasteiger partial charge in [0.15, 0.2) is 0 Å². The Morgan fingerprint density at radius 2 is 1.70 bits per heavy atom. The van der Waals surface area contributed by atoms with Crippen LogP contribution < -0.4 is 11.3 Å². The number of nitrogens with zero attached hydrogens (tertiary/aromatic N) is 2. The second-order valence-electron chi connectivity index (χ2n) is 5.76. The Kier molecular flexibility index (Phi) is 5.67. The first-order chi connectivity index (χ1) is 12.5. The van der Waals surface area contributed by atoms with Crippen LogP contribution in [0.15, 0.2) is 41.2 Å². The lowest BCUT2D eigenvalue weighted by atomic mass is 10.2. The molecule has 2 rings (SSSR count). The Morgan fingerprint density at radius 3 is 2.22 bits per heavy atom. The molecule has 0 aliphatic heterocycles. The zero-order valence-electron chi connectivity index (χ0n) is 14.1. The molecule has 10 heteroatoms. The van der Waals surface area contributed by atoms with E-state index in [1.165, 1.54) is 31.3 Å². The molecule has 0 atom stereocenters. The van der Waals surface area contributed by atoms with Crippen molar-refractivity contribution in [1.29, 1.82) is 0 Å². The molecule has 0 unspecified atom stereocenters. The average molecular weight is 385 g/mol. The number of halogens is 4. The molecular formula is C17H15F4N3O3. The van der Waals surface area contributed by atoms with E-state index < -0.39 is 47.2 Å². The number of hydrogen-bond acceptors (Lipinski definition) is 3. The number of likely N-dealkylation sites (N-methyl/N-ethyl adjacent to an activating group) is 1. The molecule has 0 fully saturated rings. The van der Waals surface area contributed by atoms with Gasteiger partial charge in [-0.1, -0.05) is 12.1 Å². The summed E-state index contributed by atoms with van der Waals surface area (Å²) in [7, 11) is 1.32. The van der Waals surface area contributed by atoms with Crippen LogP contribution in [0, 0.1) is 5.82 Å². The number of carbonyl (C=O) groups is 2. The summed E-state index contributed by atoms with van der Waals surface area (Å²) >= 11 is 0. The molecule has 6 nitrogen and oxygen atoms in total. The Labute approximate surface area is 150 Å². The molecule has 0 spiro atoms. The highest BCUT2D eigenvalue weighted by Crippen LogP contribution is 2.28. The molecule has 144 valence electrons. The van der Waals surface area contributed by atoms with Crippen LogP contribution in [0.3, 0.4) is 0 Å². The van der Waals surface area contributed by atoms with Gasteiger partial charge in [0.1, 0.15) is 23.6 Å². The Bertz CT molecular complexity index is 921. The van der Waals surface area contributed by atoms with Gasteiger partial charge in [-0.05, 0) is 29.8 Å². The van der Waals surface area contributed by atoms with Gasteiger partial charge < -0.3 is 10.6 Å². The standard InChI is InChI=1S/C17H15F4N3O3/c1-23(8-10-2-4-11(18)5-3-10)14(25)9-24-13(17(19,20)21)7-6-12(15(22)26)16(24)27/h2-7H,8-9H2,1H3,(H2,22,26). The fourth-order valence-electron chi connectivity index (χ4n) is 2.38. The van der Waals surface area contributed by atoms with E-state index in [0.29, 0.717) is 17.7 Å². The van der Waals surface area contributed by atoms with Crippen LogP contribution in [-0.2, 0) is 24.1 Å². The number of rotatable bonds is 5. The van der Waals surface area contributed by atoms with Crippen molar-refractivity contribution < 1.29 is 27.2 Å². The van der Waals surface area contributed by atoms with Gasteiger partial charge >= 0.3 is 6.18 Å². The zero-order valence-corrected chi connectivity index (χ0v) is 14.1. The van der Waals surface area contributed by atoms with Crippen LogP contribution in [0.25, 0.3) is 0 Å². The van der Waals surface area contributed by atoms with Gasteiger partial charge in [-0.15, -0.1) is 0 Å². The molecule has 2 amide bonds. The van der Waals surface area contributed by atoms with Crippen molar-refractivity contribution in [2.45, 2.75) is 19.3 Å². The number of primary amides is 1. The van der Waals surface area contributed by atoms with Crippen molar-refractivity contribution in [2.24, 2.45) is 5.73 Å². The maximum atomic E-state index is 13.2. The van der Waals surface area contributed by atoms with Gasteiger partial charge in [-0.3, -0.25) is 19.0 Å². The number of aromatic nitrogens is 1. The van der Waals surface area contributed by atoms with E-state index in [0.717, 1.165) is 4.90 Å². The molecule has 1 heterocycles. The van der Waals surface area contributed by atoms with E-state index in [9.17, 15) is 31.9 Å². The molecule has 27 heavy (non-hydrogen) atoms. The first kappa shape index (κ1) is 20.1. The number of pyridine rings is 1. The molecule has 0 aliphatic rings. The minimum Gasteiger partial charge on any atom is -0.365 e. The van der Waals surface area contributed by atoms with Crippen molar-refractivity contribution in [3.05, 3.63) is 69.4 Å². The largest absolute Gasteiger partial charge is 0.431 e. The van der Waals surface area contributed by atoms with Crippen LogP contribution in [-0.4, -0.2) is 28.3 Å². The smallest absolute Gasteiger partial charge is 0.365 e. The first-order valence-corrected chi connectivity index (χ1v) is 7.60. The van der Waals surface area contributed by atoms with Crippen LogP contribution >= 0.6 is 0 Å². The highest BCUT2D eigenvalue weighted by molar-refractivity contribution is 5.92. The minimum atomic E-state index is -4.91. The van der Waals surface area contributed by atoms with Crippen molar-refractivity contribution >= 4 is 11.8 Å². The normalized spacial score (nSPS) is 11.3. The van der Waals surface area contributed by atoms with E-state index >= 15 is 0 Å². The summed E-state index contributed by atoms with van der Waals surface area (Å²) in [5.74, 6) is -2.49. The predicted molar refractivity (Wildman–Crippen MR) is 87.1 cm³/mol. The molecule has 2 aromatic rings. The molecule has 0 saturated carbocycles. The van der Waals surface area contributed by atoms with Crippen LogP contribution in [0.5, 0.6) is 0 Å².